The van der Waals surface area contributed by atoms with Crippen LogP contribution in [0.2, 0.25) is 0 Å². The third-order valence-electron chi connectivity index (χ3n) is 5.52. The molecule has 1 heterocycles. The Bertz CT molecular complexity index is 889. The van der Waals surface area contributed by atoms with E-state index in [0.717, 1.165) is 55.5 Å². The van der Waals surface area contributed by atoms with E-state index < -0.39 is 0 Å². The van der Waals surface area contributed by atoms with Crippen LogP contribution in [0.1, 0.15) is 12.0 Å². The largest absolute Gasteiger partial charge is 0.497 e. The molecule has 0 N–H and O–H groups in total. The number of para-hydroxylation sites is 1. The van der Waals surface area contributed by atoms with E-state index in [-0.39, 0.29) is 5.91 Å². The van der Waals surface area contributed by atoms with E-state index in [1.54, 1.807) is 19.1 Å². The fourth-order valence-electron chi connectivity index (χ4n) is 3.80. The molecule has 1 aliphatic heterocycles. The van der Waals surface area contributed by atoms with E-state index in [4.69, 9.17) is 14.7 Å². The Labute approximate surface area is 184 Å². The topological polar surface area (TPSA) is 69.0 Å². The number of piperazine rings is 1. The summed E-state index contributed by atoms with van der Waals surface area (Å²) in [6, 6.07) is 17.6. The van der Waals surface area contributed by atoms with Gasteiger partial charge in [0.2, 0.25) is 5.91 Å². The molecule has 0 saturated carbocycles. The molecular formula is C24H30N4O3. The lowest BCUT2D eigenvalue weighted by atomic mass is 10.1. The van der Waals surface area contributed by atoms with Crippen LogP contribution >= 0.6 is 0 Å². The van der Waals surface area contributed by atoms with Gasteiger partial charge in [0.25, 0.3) is 0 Å². The Balaban J connectivity index is 1.56. The molecular weight excluding hydrogens is 392 g/mol. The van der Waals surface area contributed by atoms with Crippen molar-refractivity contribution in [2.24, 2.45) is 0 Å². The van der Waals surface area contributed by atoms with E-state index in [9.17, 15) is 4.79 Å². The van der Waals surface area contributed by atoms with Gasteiger partial charge in [-0.05, 0) is 30.3 Å². The zero-order chi connectivity index (χ0) is 22.1. The van der Waals surface area contributed by atoms with Crippen molar-refractivity contribution < 1.29 is 14.3 Å². The van der Waals surface area contributed by atoms with Crippen LogP contribution in [-0.2, 0) is 11.3 Å². The minimum atomic E-state index is 0.0318. The van der Waals surface area contributed by atoms with Crippen molar-refractivity contribution in [1.29, 1.82) is 5.26 Å². The van der Waals surface area contributed by atoms with Crippen LogP contribution in [0.15, 0.2) is 48.5 Å². The molecule has 1 fully saturated rings. The summed E-state index contributed by atoms with van der Waals surface area (Å²) in [6.07, 6.45) is 0.316. The molecule has 0 bridgehead atoms. The molecule has 2 aromatic carbocycles. The molecule has 2 aromatic rings. The van der Waals surface area contributed by atoms with Gasteiger partial charge in [-0.15, -0.1) is 0 Å². The first-order valence-corrected chi connectivity index (χ1v) is 10.5. The van der Waals surface area contributed by atoms with Crippen LogP contribution < -0.4 is 14.4 Å². The molecule has 7 nitrogen and oxygen atoms in total. The fraction of sp³-hybridized carbons (Fsp3) is 0.417. The van der Waals surface area contributed by atoms with Gasteiger partial charge in [-0.3, -0.25) is 14.6 Å². The highest BCUT2D eigenvalue weighted by molar-refractivity contribution is 5.94. The summed E-state index contributed by atoms with van der Waals surface area (Å²) in [5.41, 5.74) is 1.93. The molecule has 0 radical (unpaired) electrons. The van der Waals surface area contributed by atoms with Gasteiger partial charge in [0.1, 0.15) is 11.5 Å². The van der Waals surface area contributed by atoms with Crippen molar-refractivity contribution in [1.82, 2.24) is 9.80 Å². The van der Waals surface area contributed by atoms with Crippen LogP contribution in [-0.4, -0.2) is 69.2 Å². The first-order chi connectivity index (χ1) is 15.1. The number of rotatable bonds is 9. The number of carbonyl (C=O) groups excluding carboxylic acids is 1. The lowest BCUT2D eigenvalue weighted by molar-refractivity contribution is -0.120. The monoisotopic (exact) mass is 422 g/mol. The van der Waals surface area contributed by atoms with Gasteiger partial charge in [0, 0.05) is 50.5 Å². The minimum absolute atomic E-state index is 0.0318. The van der Waals surface area contributed by atoms with E-state index in [1.165, 1.54) is 0 Å². The summed E-state index contributed by atoms with van der Waals surface area (Å²) >= 11 is 0. The molecule has 31 heavy (non-hydrogen) atoms. The van der Waals surface area contributed by atoms with E-state index in [2.05, 4.69) is 15.9 Å². The van der Waals surface area contributed by atoms with E-state index in [1.807, 2.05) is 48.5 Å². The van der Waals surface area contributed by atoms with Gasteiger partial charge >= 0.3 is 0 Å². The van der Waals surface area contributed by atoms with Crippen molar-refractivity contribution in [3.63, 3.8) is 0 Å². The molecule has 1 aliphatic rings. The van der Waals surface area contributed by atoms with Crippen molar-refractivity contribution in [2.75, 3.05) is 58.4 Å². The van der Waals surface area contributed by atoms with Crippen molar-refractivity contribution in [2.45, 2.75) is 13.0 Å². The van der Waals surface area contributed by atoms with Gasteiger partial charge in [-0.2, -0.15) is 5.26 Å². The fourth-order valence-corrected chi connectivity index (χ4v) is 3.80. The summed E-state index contributed by atoms with van der Waals surface area (Å²) in [5.74, 6) is 1.71. The average Bonchev–Trinajstić information content (AvgIpc) is 2.81. The SMILES string of the molecule is COc1ccc(OC)c(CN2CCN(CC(=O)N(CCC#N)c3ccccc3)CC2)c1. The number of benzene rings is 2. The number of hydrogen-bond acceptors (Lipinski definition) is 6. The van der Waals surface area contributed by atoms with Crippen LogP contribution in [0.4, 0.5) is 5.69 Å². The molecule has 164 valence electrons. The van der Waals surface area contributed by atoms with Gasteiger partial charge in [-0.25, -0.2) is 0 Å². The first kappa shape index (κ1) is 22.6. The molecule has 3 rings (SSSR count). The molecule has 0 unspecified atom stereocenters. The highest BCUT2D eigenvalue weighted by atomic mass is 16.5. The van der Waals surface area contributed by atoms with Gasteiger partial charge in [0.05, 0.1) is 33.3 Å². The third-order valence-corrected chi connectivity index (χ3v) is 5.52. The second kappa shape index (κ2) is 11.3. The Morgan fingerprint density at radius 3 is 2.39 bits per heavy atom. The standard InChI is InChI=1S/C24H30N4O3/c1-30-22-9-10-23(31-2)20(17-22)18-26-13-15-27(16-14-26)19-24(29)28(12-6-11-25)21-7-4-3-5-8-21/h3-5,7-10,17H,6,12-16,18-19H2,1-2H3. The quantitative estimate of drug-likeness (QED) is 0.619. The van der Waals surface area contributed by atoms with Crippen molar-refractivity contribution in [3.8, 4) is 17.6 Å². The highest BCUT2D eigenvalue weighted by Crippen LogP contribution is 2.25. The number of nitrogens with zero attached hydrogens (tertiary/aromatic N) is 4. The number of hydrogen-bond donors (Lipinski definition) is 0. The zero-order valence-electron chi connectivity index (χ0n) is 18.3. The molecule has 0 aliphatic carbocycles. The number of ether oxygens (including phenoxy) is 2. The van der Waals surface area contributed by atoms with Gasteiger partial charge in [-0.1, -0.05) is 18.2 Å². The minimum Gasteiger partial charge on any atom is -0.497 e. The van der Waals surface area contributed by atoms with Crippen LogP contribution in [0.3, 0.4) is 0 Å². The number of anilines is 1. The lowest BCUT2D eigenvalue weighted by Gasteiger charge is -2.35. The maximum absolute atomic E-state index is 13.0. The molecule has 0 atom stereocenters. The number of carbonyl (C=O) groups is 1. The second-order valence-electron chi connectivity index (χ2n) is 7.52. The average molecular weight is 423 g/mol. The smallest absolute Gasteiger partial charge is 0.241 e. The van der Waals surface area contributed by atoms with Crippen LogP contribution in [0, 0.1) is 11.3 Å². The molecule has 0 spiro atoms. The second-order valence-corrected chi connectivity index (χ2v) is 7.52. The van der Waals surface area contributed by atoms with Gasteiger partial charge in [0.15, 0.2) is 0 Å². The van der Waals surface area contributed by atoms with Crippen molar-refractivity contribution >= 4 is 11.6 Å². The molecule has 0 aromatic heterocycles. The van der Waals surface area contributed by atoms with Gasteiger partial charge < -0.3 is 14.4 Å². The van der Waals surface area contributed by atoms with E-state index in [0.29, 0.717) is 19.5 Å². The van der Waals surface area contributed by atoms with Crippen LogP contribution in [0.25, 0.3) is 0 Å². The highest BCUT2D eigenvalue weighted by Gasteiger charge is 2.23. The summed E-state index contributed by atoms with van der Waals surface area (Å²) in [4.78, 5) is 19.2. The maximum Gasteiger partial charge on any atom is 0.241 e. The number of nitriles is 1. The third kappa shape index (κ3) is 6.20. The maximum atomic E-state index is 13.0. The Morgan fingerprint density at radius 1 is 1.03 bits per heavy atom. The Morgan fingerprint density at radius 2 is 1.74 bits per heavy atom. The normalized spacial score (nSPS) is 14.6. The predicted octanol–water partition coefficient (Wildman–Crippen LogP) is 2.77. The van der Waals surface area contributed by atoms with Crippen LogP contribution in [0.5, 0.6) is 11.5 Å². The Hall–Kier alpha value is -3.08. The zero-order valence-corrected chi connectivity index (χ0v) is 18.3. The number of amides is 1. The number of methoxy groups -OCH3 is 2. The molecule has 7 heteroatoms. The summed E-state index contributed by atoms with van der Waals surface area (Å²) < 4.78 is 10.8. The predicted molar refractivity (Wildman–Crippen MR) is 120 cm³/mol. The van der Waals surface area contributed by atoms with E-state index >= 15 is 0 Å². The first-order valence-electron chi connectivity index (χ1n) is 10.5. The summed E-state index contributed by atoms with van der Waals surface area (Å²) in [6.45, 7) is 4.93. The summed E-state index contributed by atoms with van der Waals surface area (Å²) in [5, 5.41) is 8.97. The Kier molecular flexibility index (Phi) is 8.27. The molecule has 1 amide bonds. The lowest BCUT2D eigenvalue weighted by Crippen LogP contribution is -2.50. The molecule has 1 saturated heterocycles. The van der Waals surface area contributed by atoms with Crippen molar-refractivity contribution in [3.05, 3.63) is 54.1 Å². The summed E-state index contributed by atoms with van der Waals surface area (Å²) in [7, 11) is 3.34.